The second-order valence-electron chi connectivity index (χ2n) is 2.24. The van der Waals surface area contributed by atoms with Gasteiger partial charge in [0.1, 0.15) is 11.0 Å². The zero-order valence-electron chi connectivity index (χ0n) is 6.96. The molecule has 1 aromatic heterocycles. The van der Waals surface area contributed by atoms with E-state index in [2.05, 4.69) is 9.97 Å². The molecule has 1 aromatic rings. The second-order valence-corrected chi connectivity index (χ2v) is 2.63. The van der Waals surface area contributed by atoms with Gasteiger partial charge in [-0.05, 0) is 13.0 Å². The summed E-state index contributed by atoms with van der Waals surface area (Å²) in [6, 6.07) is 1.66. The zero-order chi connectivity index (χ0) is 8.81. The van der Waals surface area contributed by atoms with Gasteiger partial charge in [0.25, 0.3) is 0 Å². The average Bonchev–Trinajstić information content (AvgIpc) is 2.05. The summed E-state index contributed by atoms with van der Waals surface area (Å²) in [5.74, 6) is 0.732. The Kier molecular flexibility index (Phi) is 3.97. The Morgan fingerprint density at radius 2 is 2.42 bits per heavy atom. The lowest BCUT2D eigenvalue weighted by atomic mass is 10.4. The first-order valence-electron chi connectivity index (χ1n) is 3.88. The average molecular weight is 187 g/mol. The number of nitrogens with zero attached hydrogens (tertiary/aromatic N) is 2. The van der Waals surface area contributed by atoms with Crippen LogP contribution < -0.4 is 0 Å². The molecule has 12 heavy (non-hydrogen) atoms. The first-order valence-corrected chi connectivity index (χ1v) is 4.26. The molecule has 0 aliphatic rings. The number of aromatic nitrogens is 2. The third-order valence-corrected chi connectivity index (χ3v) is 1.56. The van der Waals surface area contributed by atoms with Crippen LogP contribution in [0.1, 0.15) is 12.7 Å². The van der Waals surface area contributed by atoms with Crippen LogP contribution in [0.5, 0.6) is 0 Å². The van der Waals surface area contributed by atoms with Crippen LogP contribution in [0.15, 0.2) is 12.3 Å². The lowest BCUT2D eigenvalue weighted by molar-refractivity contribution is 0.149. The molecule has 0 unspecified atom stereocenters. The highest BCUT2D eigenvalue weighted by atomic mass is 35.5. The minimum absolute atomic E-state index is 0.483. The maximum Gasteiger partial charge on any atom is 0.132 e. The molecule has 0 atom stereocenters. The second kappa shape index (κ2) is 5.06. The molecule has 0 amide bonds. The highest BCUT2D eigenvalue weighted by Gasteiger charge is 1.96. The third kappa shape index (κ3) is 3.15. The largest absolute Gasteiger partial charge is 0.381 e. The molecule has 4 heteroatoms. The highest BCUT2D eigenvalue weighted by Crippen LogP contribution is 2.02. The Bertz CT molecular complexity index is 242. The maximum atomic E-state index is 5.67. The lowest BCUT2D eigenvalue weighted by Crippen LogP contribution is -2.01. The van der Waals surface area contributed by atoms with Gasteiger partial charge in [-0.15, -0.1) is 0 Å². The van der Waals surface area contributed by atoms with Gasteiger partial charge in [0.2, 0.25) is 0 Å². The molecular formula is C8H11ClN2O. The molecule has 0 aliphatic heterocycles. The van der Waals surface area contributed by atoms with Crippen LogP contribution in [-0.2, 0) is 11.2 Å². The summed E-state index contributed by atoms with van der Waals surface area (Å²) in [5, 5.41) is 0.483. The monoisotopic (exact) mass is 186 g/mol. The van der Waals surface area contributed by atoms with Crippen LogP contribution in [-0.4, -0.2) is 23.2 Å². The van der Waals surface area contributed by atoms with E-state index in [0.29, 0.717) is 18.2 Å². The molecule has 0 radical (unpaired) electrons. The van der Waals surface area contributed by atoms with Crippen molar-refractivity contribution in [1.82, 2.24) is 9.97 Å². The summed E-state index contributed by atoms with van der Waals surface area (Å²) in [7, 11) is 0. The molecule has 0 saturated carbocycles. The molecule has 66 valence electrons. The van der Waals surface area contributed by atoms with Gasteiger partial charge >= 0.3 is 0 Å². The fourth-order valence-corrected chi connectivity index (χ4v) is 0.956. The van der Waals surface area contributed by atoms with E-state index in [1.54, 1.807) is 12.3 Å². The molecule has 0 fully saturated rings. The van der Waals surface area contributed by atoms with Crippen LogP contribution in [0.4, 0.5) is 0 Å². The van der Waals surface area contributed by atoms with Crippen molar-refractivity contribution in [1.29, 1.82) is 0 Å². The number of rotatable bonds is 4. The van der Waals surface area contributed by atoms with Gasteiger partial charge in [0.05, 0.1) is 6.61 Å². The van der Waals surface area contributed by atoms with Crippen LogP contribution >= 0.6 is 11.6 Å². The van der Waals surface area contributed by atoms with Crippen molar-refractivity contribution in [2.24, 2.45) is 0 Å². The van der Waals surface area contributed by atoms with Crippen LogP contribution in [0.2, 0.25) is 5.15 Å². The normalized spacial score (nSPS) is 10.2. The topological polar surface area (TPSA) is 35.0 Å². The Labute approximate surface area is 76.7 Å². The Hall–Kier alpha value is -0.670. The standard InChI is InChI=1S/C8H11ClN2O/c1-2-12-6-4-8-10-5-3-7(9)11-8/h3,5H,2,4,6H2,1H3. The summed E-state index contributed by atoms with van der Waals surface area (Å²) in [6.45, 7) is 3.33. The van der Waals surface area contributed by atoms with Crippen LogP contribution in [0.25, 0.3) is 0 Å². The molecule has 0 N–H and O–H groups in total. The van der Waals surface area contributed by atoms with E-state index in [1.165, 1.54) is 0 Å². The predicted octanol–water partition coefficient (Wildman–Crippen LogP) is 1.71. The van der Waals surface area contributed by atoms with E-state index >= 15 is 0 Å². The predicted molar refractivity (Wildman–Crippen MR) is 47.2 cm³/mol. The molecule has 0 bridgehead atoms. The highest BCUT2D eigenvalue weighted by molar-refractivity contribution is 6.29. The minimum Gasteiger partial charge on any atom is -0.381 e. The third-order valence-electron chi connectivity index (χ3n) is 1.35. The summed E-state index contributed by atoms with van der Waals surface area (Å²) in [5.41, 5.74) is 0. The Balaban J connectivity index is 2.41. The van der Waals surface area contributed by atoms with Crippen molar-refractivity contribution in [3.05, 3.63) is 23.2 Å². The molecular weight excluding hydrogens is 176 g/mol. The summed E-state index contributed by atoms with van der Waals surface area (Å²) < 4.78 is 5.15. The van der Waals surface area contributed by atoms with Crippen LogP contribution in [0.3, 0.4) is 0 Å². The van der Waals surface area contributed by atoms with E-state index in [9.17, 15) is 0 Å². The van der Waals surface area contributed by atoms with Gasteiger partial charge in [0, 0.05) is 19.2 Å². The number of ether oxygens (including phenoxy) is 1. The first-order chi connectivity index (χ1) is 5.83. The molecule has 0 aliphatic carbocycles. The number of hydrogen-bond acceptors (Lipinski definition) is 3. The van der Waals surface area contributed by atoms with E-state index in [4.69, 9.17) is 16.3 Å². The SMILES string of the molecule is CCOCCc1nccc(Cl)n1. The van der Waals surface area contributed by atoms with Crippen molar-refractivity contribution in [3.8, 4) is 0 Å². The smallest absolute Gasteiger partial charge is 0.132 e. The maximum absolute atomic E-state index is 5.67. The zero-order valence-corrected chi connectivity index (χ0v) is 7.71. The summed E-state index contributed by atoms with van der Waals surface area (Å²) in [6.07, 6.45) is 2.37. The molecule has 1 rings (SSSR count). The number of halogens is 1. The van der Waals surface area contributed by atoms with E-state index in [-0.39, 0.29) is 0 Å². The van der Waals surface area contributed by atoms with Gasteiger partial charge in [-0.3, -0.25) is 0 Å². The van der Waals surface area contributed by atoms with Crippen molar-refractivity contribution in [3.63, 3.8) is 0 Å². The fourth-order valence-electron chi connectivity index (χ4n) is 0.802. The summed E-state index contributed by atoms with van der Waals surface area (Å²) in [4.78, 5) is 8.06. The molecule has 1 heterocycles. The van der Waals surface area contributed by atoms with Crippen molar-refractivity contribution < 1.29 is 4.74 Å². The lowest BCUT2D eigenvalue weighted by Gasteiger charge is -1.99. The van der Waals surface area contributed by atoms with E-state index in [1.807, 2.05) is 6.92 Å². The first kappa shape index (κ1) is 9.42. The Morgan fingerprint density at radius 3 is 3.08 bits per heavy atom. The number of hydrogen-bond donors (Lipinski definition) is 0. The fraction of sp³-hybridized carbons (Fsp3) is 0.500. The van der Waals surface area contributed by atoms with Crippen molar-refractivity contribution >= 4 is 11.6 Å². The molecule has 0 aromatic carbocycles. The van der Waals surface area contributed by atoms with Crippen molar-refractivity contribution in [2.75, 3.05) is 13.2 Å². The molecule has 0 spiro atoms. The summed E-state index contributed by atoms with van der Waals surface area (Å²) >= 11 is 5.67. The van der Waals surface area contributed by atoms with Crippen LogP contribution in [0, 0.1) is 0 Å². The van der Waals surface area contributed by atoms with E-state index in [0.717, 1.165) is 12.4 Å². The van der Waals surface area contributed by atoms with E-state index < -0.39 is 0 Å². The van der Waals surface area contributed by atoms with Gasteiger partial charge in [0.15, 0.2) is 0 Å². The molecule has 3 nitrogen and oxygen atoms in total. The van der Waals surface area contributed by atoms with Gasteiger partial charge in [-0.2, -0.15) is 0 Å². The quantitative estimate of drug-likeness (QED) is 0.531. The Morgan fingerprint density at radius 1 is 1.58 bits per heavy atom. The minimum atomic E-state index is 0.483. The molecule has 0 saturated heterocycles. The van der Waals surface area contributed by atoms with Crippen molar-refractivity contribution in [2.45, 2.75) is 13.3 Å². The van der Waals surface area contributed by atoms with Gasteiger partial charge in [-0.1, -0.05) is 11.6 Å². The van der Waals surface area contributed by atoms with Gasteiger partial charge < -0.3 is 4.74 Å². The van der Waals surface area contributed by atoms with Gasteiger partial charge in [-0.25, -0.2) is 9.97 Å².